The second kappa shape index (κ2) is 5.74. The van der Waals surface area contributed by atoms with Gasteiger partial charge in [-0.15, -0.1) is 0 Å². The summed E-state index contributed by atoms with van der Waals surface area (Å²) < 4.78 is 10.7. The summed E-state index contributed by atoms with van der Waals surface area (Å²) in [6.07, 6.45) is 0. The maximum Gasteiger partial charge on any atom is 0.338 e. The Morgan fingerprint density at radius 3 is 2.37 bits per heavy atom. The maximum absolute atomic E-state index is 11.5. The lowest BCUT2D eigenvalue weighted by Crippen LogP contribution is -2.03. The zero-order valence-electron chi connectivity index (χ0n) is 11.5. The van der Waals surface area contributed by atoms with Crippen molar-refractivity contribution in [2.75, 3.05) is 6.61 Å². The molecule has 0 radical (unpaired) electrons. The van der Waals surface area contributed by atoms with E-state index in [1.165, 1.54) is 0 Å². The van der Waals surface area contributed by atoms with Crippen LogP contribution in [0.1, 0.15) is 42.8 Å². The fourth-order valence-corrected chi connectivity index (χ4v) is 1.80. The molecule has 0 bridgehead atoms. The Morgan fingerprint density at radius 1 is 1.16 bits per heavy atom. The zero-order chi connectivity index (χ0) is 13.8. The molecule has 2 rings (SSSR count). The van der Waals surface area contributed by atoms with Gasteiger partial charge < -0.3 is 9.15 Å². The van der Waals surface area contributed by atoms with Gasteiger partial charge in [-0.05, 0) is 31.2 Å². The zero-order valence-corrected chi connectivity index (χ0v) is 11.5. The quantitative estimate of drug-likeness (QED) is 0.770. The number of benzene rings is 1. The van der Waals surface area contributed by atoms with E-state index in [2.05, 4.69) is 13.8 Å². The number of carbonyl (C=O) groups is 1. The molecule has 0 aliphatic heterocycles. The maximum atomic E-state index is 11.5. The van der Waals surface area contributed by atoms with E-state index in [1.54, 1.807) is 19.1 Å². The third-order valence-electron chi connectivity index (χ3n) is 2.88. The van der Waals surface area contributed by atoms with Crippen LogP contribution in [0, 0.1) is 0 Å². The van der Waals surface area contributed by atoms with E-state index in [1.807, 2.05) is 24.3 Å². The highest BCUT2D eigenvalue weighted by Crippen LogP contribution is 2.26. The van der Waals surface area contributed by atoms with Crippen molar-refractivity contribution >= 4 is 5.97 Å². The molecular weight excluding hydrogens is 240 g/mol. The molecule has 2 aromatic rings. The van der Waals surface area contributed by atoms with Crippen molar-refractivity contribution in [1.82, 2.24) is 0 Å². The van der Waals surface area contributed by atoms with E-state index in [-0.39, 0.29) is 5.97 Å². The second-order valence-corrected chi connectivity index (χ2v) is 4.65. The van der Waals surface area contributed by atoms with Crippen molar-refractivity contribution in [2.24, 2.45) is 0 Å². The Balaban J connectivity index is 2.19. The number of hydrogen-bond donors (Lipinski definition) is 0. The molecule has 1 heterocycles. The summed E-state index contributed by atoms with van der Waals surface area (Å²) in [6.45, 7) is 6.36. The molecule has 100 valence electrons. The average Bonchev–Trinajstić information content (AvgIpc) is 2.89. The summed E-state index contributed by atoms with van der Waals surface area (Å²) in [4.78, 5) is 11.5. The highest BCUT2D eigenvalue weighted by Gasteiger charge is 2.09. The largest absolute Gasteiger partial charge is 0.462 e. The van der Waals surface area contributed by atoms with Gasteiger partial charge in [0.1, 0.15) is 11.5 Å². The van der Waals surface area contributed by atoms with Gasteiger partial charge in [-0.1, -0.05) is 26.0 Å². The van der Waals surface area contributed by atoms with Crippen LogP contribution in [-0.4, -0.2) is 12.6 Å². The molecule has 0 aliphatic rings. The number of esters is 1. The highest BCUT2D eigenvalue weighted by molar-refractivity contribution is 5.89. The molecule has 1 aromatic heterocycles. The highest BCUT2D eigenvalue weighted by atomic mass is 16.5. The van der Waals surface area contributed by atoms with Gasteiger partial charge in [0.25, 0.3) is 0 Å². The van der Waals surface area contributed by atoms with E-state index in [9.17, 15) is 4.79 Å². The standard InChI is InChI=1S/C16H18O3/c1-4-18-16(17)13-7-5-12(6-8-13)15-10-9-14(19-15)11(2)3/h5-11H,4H2,1-3H3. The van der Waals surface area contributed by atoms with E-state index >= 15 is 0 Å². The summed E-state index contributed by atoms with van der Waals surface area (Å²) in [7, 11) is 0. The topological polar surface area (TPSA) is 39.4 Å². The summed E-state index contributed by atoms with van der Waals surface area (Å²) in [5, 5.41) is 0. The predicted molar refractivity (Wildman–Crippen MR) is 74.2 cm³/mol. The van der Waals surface area contributed by atoms with Crippen LogP contribution in [-0.2, 0) is 4.74 Å². The Morgan fingerprint density at radius 2 is 1.84 bits per heavy atom. The number of furan rings is 1. The minimum atomic E-state index is -0.295. The molecule has 0 saturated carbocycles. The summed E-state index contributed by atoms with van der Waals surface area (Å²) in [5.41, 5.74) is 1.51. The SMILES string of the molecule is CCOC(=O)c1ccc(-c2ccc(C(C)C)o2)cc1. The molecule has 19 heavy (non-hydrogen) atoms. The Hall–Kier alpha value is -2.03. The molecule has 0 fully saturated rings. The first-order chi connectivity index (χ1) is 9.11. The Bertz CT molecular complexity index is 550. The number of hydrogen-bond acceptors (Lipinski definition) is 3. The van der Waals surface area contributed by atoms with Crippen molar-refractivity contribution in [2.45, 2.75) is 26.7 Å². The Labute approximate surface area is 113 Å². The van der Waals surface area contributed by atoms with E-state index < -0.39 is 0 Å². The van der Waals surface area contributed by atoms with Crippen LogP contribution < -0.4 is 0 Å². The van der Waals surface area contributed by atoms with E-state index in [0.717, 1.165) is 17.1 Å². The summed E-state index contributed by atoms with van der Waals surface area (Å²) in [6, 6.07) is 11.2. The normalized spacial score (nSPS) is 10.7. The van der Waals surface area contributed by atoms with Gasteiger partial charge >= 0.3 is 5.97 Å². The van der Waals surface area contributed by atoms with Crippen LogP contribution in [0.2, 0.25) is 0 Å². The summed E-state index contributed by atoms with van der Waals surface area (Å²) in [5.74, 6) is 1.85. The fourth-order valence-electron chi connectivity index (χ4n) is 1.80. The molecule has 0 spiro atoms. The minimum absolute atomic E-state index is 0.295. The Kier molecular flexibility index (Phi) is 4.05. The number of rotatable bonds is 4. The molecule has 0 atom stereocenters. The lowest BCUT2D eigenvalue weighted by Gasteiger charge is -2.03. The van der Waals surface area contributed by atoms with Crippen LogP contribution in [0.4, 0.5) is 0 Å². The average molecular weight is 258 g/mol. The molecule has 0 unspecified atom stereocenters. The lowest BCUT2D eigenvalue weighted by molar-refractivity contribution is 0.0526. The van der Waals surface area contributed by atoms with Crippen LogP contribution in [0.5, 0.6) is 0 Å². The van der Waals surface area contributed by atoms with Crippen LogP contribution in [0.25, 0.3) is 11.3 Å². The molecule has 0 amide bonds. The second-order valence-electron chi connectivity index (χ2n) is 4.65. The molecule has 0 aliphatic carbocycles. The molecule has 0 saturated heterocycles. The molecule has 3 nitrogen and oxygen atoms in total. The van der Waals surface area contributed by atoms with Gasteiger partial charge in [-0.25, -0.2) is 4.79 Å². The molecule has 3 heteroatoms. The predicted octanol–water partition coefficient (Wildman–Crippen LogP) is 4.25. The molecular formula is C16H18O3. The number of carbonyl (C=O) groups excluding carboxylic acids is 1. The van der Waals surface area contributed by atoms with Gasteiger partial charge in [0, 0.05) is 11.5 Å². The van der Waals surface area contributed by atoms with Gasteiger partial charge in [0.2, 0.25) is 0 Å². The van der Waals surface area contributed by atoms with Crippen molar-refractivity contribution in [3.05, 3.63) is 47.7 Å². The van der Waals surface area contributed by atoms with E-state index in [0.29, 0.717) is 18.1 Å². The first-order valence-corrected chi connectivity index (χ1v) is 6.49. The van der Waals surface area contributed by atoms with Crippen molar-refractivity contribution in [3.63, 3.8) is 0 Å². The van der Waals surface area contributed by atoms with Gasteiger partial charge in [0.05, 0.1) is 12.2 Å². The summed E-state index contributed by atoms with van der Waals surface area (Å²) >= 11 is 0. The first-order valence-electron chi connectivity index (χ1n) is 6.49. The van der Waals surface area contributed by atoms with Crippen molar-refractivity contribution < 1.29 is 13.9 Å². The monoisotopic (exact) mass is 258 g/mol. The van der Waals surface area contributed by atoms with Crippen molar-refractivity contribution in [1.29, 1.82) is 0 Å². The lowest BCUT2D eigenvalue weighted by atomic mass is 10.1. The van der Waals surface area contributed by atoms with Crippen molar-refractivity contribution in [3.8, 4) is 11.3 Å². The fraction of sp³-hybridized carbons (Fsp3) is 0.312. The smallest absolute Gasteiger partial charge is 0.338 e. The number of ether oxygens (including phenoxy) is 1. The van der Waals surface area contributed by atoms with Crippen LogP contribution in [0.15, 0.2) is 40.8 Å². The molecule has 0 N–H and O–H groups in total. The third-order valence-corrected chi connectivity index (χ3v) is 2.88. The van der Waals surface area contributed by atoms with Crippen LogP contribution >= 0.6 is 0 Å². The van der Waals surface area contributed by atoms with Crippen LogP contribution in [0.3, 0.4) is 0 Å². The van der Waals surface area contributed by atoms with E-state index in [4.69, 9.17) is 9.15 Å². The first kappa shape index (κ1) is 13.4. The minimum Gasteiger partial charge on any atom is -0.462 e. The van der Waals surface area contributed by atoms with Gasteiger partial charge in [-0.2, -0.15) is 0 Å². The molecule has 1 aromatic carbocycles. The van der Waals surface area contributed by atoms with Gasteiger partial charge in [0.15, 0.2) is 0 Å². The van der Waals surface area contributed by atoms with Gasteiger partial charge in [-0.3, -0.25) is 0 Å². The third kappa shape index (κ3) is 3.05.